The smallest absolute Gasteiger partial charge is 0.416 e. The molecule has 216 valence electrons. The van der Waals surface area contributed by atoms with Gasteiger partial charge in [-0.3, -0.25) is 9.59 Å². The van der Waals surface area contributed by atoms with Crippen molar-refractivity contribution >= 4 is 23.6 Å². The van der Waals surface area contributed by atoms with Crippen LogP contribution in [0.3, 0.4) is 0 Å². The van der Waals surface area contributed by atoms with Gasteiger partial charge in [0.1, 0.15) is 6.61 Å². The Morgan fingerprint density at radius 1 is 1.00 bits per heavy atom. The number of amides is 1. The molecule has 10 heteroatoms. The first kappa shape index (κ1) is 29.4. The fourth-order valence-electron chi connectivity index (χ4n) is 5.50. The van der Waals surface area contributed by atoms with Crippen molar-refractivity contribution in [2.75, 3.05) is 13.2 Å². The maximum Gasteiger partial charge on any atom is 0.416 e. The Balaban J connectivity index is 1.56. The van der Waals surface area contributed by atoms with Crippen LogP contribution in [-0.2, 0) is 15.7 Å². The summed E-state index contributed by atoms with van der Waals surface area (Å²) in [5, 5.41) is 11.4. The third-order valence-corrected chi connectivity index (χ3v) is 7.84. The Morgan fingerprint density at radius 2 is 1.62 bits per heavy atom. The molecule has 2 fully saturated rings. The molecule has 1 aliphatic carbocycles. The number of rotatable bonds is 7. The van der Waals surface area contributed by atoms with Crippen LogP contribution < -0.4 is 5.32 Å². The minimum Gasteiger partial charge on any atom is -0.481 e. The Kier molecular flexibility index (Phi) is 8.75. The summed E-state index contributed by atoms with van der Waals surface area (Å²) in [6.07, 6.45) is -0.578. The average Bonchev–Trinajstić information content (AvgIpc) is 3.31. The molecule has 1 saturated carbocycles. The summed E-state index contributed by atoms with van der Waals surface area (Å²) in [7, 11) is 0. The lowest BCUT2D eigenvalue weighted by molar-refractivity contribution is -0.138. The summed E-state index contributed by atoms with van der Waals surface area (Å²) in [5.74, 6) is -0.736. The van der Waals surface area contributed by atoms with E-state index < -0.39 is 17.7 Å². The van der Waals surface area contributed by atoms with Crippen molar-refractivity contribution in [2.45, 2.75) is 71.1 Å². The fourth-order valence-corrected chi connectivity index (χ4v) is 5.50. The van der Waals surface area contributed by atoms with Crippen LogP contribution in [0.5, 0.6) is 0 Å². The molecule has 1 amide bonds. The van der Waals surface area contributed by atoms with Gasteiger partial charge in [-0.2, -0.15) is 18.2 Å². The molecule has 1 aliphatic heterocycles. The van der Waals surface area contributed by atoms with Gasteiger partial charge in [0.15, 0.2) is 0 Å². The number of alkyl halides is 3. The number of carbonyl (C=O) groups excluding carboxylic acids is 1. The quantitative estimate of drug-likeness (QED) is 0.400. The maximum absolute atomic E-state index is 13.0. The van der Waals surface area contributed by atoms with Gasteiger partial charge in [0.2, 0.25) is 0 Å². The topological polar surface area (TPSA) is 91.2 Å². The highest BCUT2D eigenvalue weighted by atomic mass is 19.4. The number of benzene rings is 2. The molecule has 1 atom stereocenters. The normalized spacial score (nSPS) is 22.7. The maximum atomic E-state index is 13.0. The lowest BCUT2D eigenvalue weighted by atomic mass is 9.71. The van der Waals surface area contributed by atoms with Crippen LogP contribution in [0.15, 0.2) is 53.5 Å². The molecule has 1 saturated heterocycles. The highest BCUT2D eigenvalue weighted by Crippen LogP contribution is 2.42. The van der Waals surface area contributed by atoms with Gasteiger partial charge in [-0.1, -0.05) is 32.9 Å². The van der Waals surface area contributed by atoms with Crippen LogP contribution >= 0.6 is 0 Å². The summed E-state index contributed by atoms with van der Waals surface area (Å²) < 4.78 is 45.2. The lowest BCUT2D eigenvalue weighted by Crippen LogP contribution is -2.42. The van der Waals surface area contributed by atoms with Crippen LogP contribution in [0.25, 0.3) is 0 Å². The molecule has 40 heavy (non-hydrogen) atoms. The van der Waals surface area contributed by atoms with Crippen molar-refractivity contribution < 1.29 is 32.6 Å². The monoisotopic (exact) mass is 559 g/mol. The molecule has 1 heterocycles. The van der Waals surface area contributed by atoms with Crippen LogP contribution in [-0.4, -0.2) is 47.1 Å². The molecule has 0 radical (unpaired) electrons. The standard InChI is InChI=1S/C30H36F3N3O4/c1-29(2,3)21-10-14-24(15-11-21)36-25(19-4-6-20(7-5-19)27(39)34-17-16-26(37)38)18-40-28(36)35-23-12-8-22(9-13-23)30(31,32)33/h4-9,12-13,21,24-25H,10-11,14-18H2,1-3H3,(H,34,39)(H,37,38)/b35-28-. The highest BCUT2D eigenvalue weighted by Gasteiger charge is 2.41. The van der Waals surface area contributed by atoms with Crippen LogP contribution in [0.1, 0.15) is 80.4 Å². The number of hydrogen-bond donors (Lipinski definition) is 2. The third-order valence-electron chi connectivity index (χ3n) is 7.84. The molecule has 0 bridgehead atoms. The van der Waals surface area contributed by atoms with Crippen molar-refractivity contribution in [3.05, 3.63) is 65.2 Å². The lowest BCUT2D eigenvalue weighted by Gasteiger charge is -2.41. The van der Waals surface area contributed by atoms with Gasteiger partial charge in [-0.05, 0) is 79.0 Å². The van der Waals surface area contributed by atoms with E-state index in [1.807, 2.05) is 12.1 Å². The molecule has 7 nitrogen and oxygen atoms in total. The number of aliphatic imine (C=N–C) groups is 1. The average molecular weight is 560 g/mol. The second kappa shape index (κ2) is 11.9. The molecule has 2 aromatic rings. The number of nitrogens with zero attached hydrogens (tertiary/aromatic N) is 2. The number of carbonyl (C=O) groups is 2. The van der Waals surface area contributed by atoms with Crippen molar-refractivity contribution in [1.29, 1.82) is 0 Å². The molecule has 0 spiro atoms. The summed E-state index contributed by atoms with van der Waals surface area (Å²) in [6.45, 7) is 7.15. The summed E-state index contributed by atoms with van der Waals surface area (Å²) >= 11 is 0. The summed E-state index contributed by atoms with van der Waals surface area (Å²) in [6, 6.07) is 12.2. The molecule has 0 aromatic heterocycles. The summed E-state index contributed by atoms with van der Waals surface area (Å²) in [4.78, 5) is 29.9. The largest absolute Gasteiger partial charge is 0.481 e. The molecule has 2 N–H and O–H groups in total. The first-order chi connectivity index (χ1) is 18.8. The van der Waals surface area contributed by atoms with Crippen molar-refractivity contribution in [3.8, 4) is 0 Å². The number of carboxylic acid groups (broad SMARTS) is 1. The zero-order valence-electron chi connectivity index (χ0n) is 23.0. The van der Waals surface area contributed by atoms with E-state index in [1.165, 1.54) is 12.1 Å². The Hall–Kier alpha value is -3.56. The predicted octanol–water partition coefficient (Wildman–Crippen LogP) is 6.58. The van der Waals surface area contributed by atoms with E-state index in [9.17, 15) is 22.8 Å². The predicted molar refractivity (Wildman–Crippen MR) is 145 cm³/mol. The van der Waals surface area contributed by atoms with E-state index in [4.69, 9.17) is 9.84 Å². The first-order valence-electron chi connectivity index (χ1n) is 13.6. The SMILES string of the molecule is CC(C)(C)C1CCC(N2/C(=N/c3ccc(C(F)(F)F)cc3)OCC2c2ccc(C(=O)NCCC(=O)O)cc2)CC1. The molecular weight excluding hydrogens is 523 g/mol. The van der Waals surface area contributed by atoms with Crippen molar-refractivity contribution in [3.63, 3.8) is 0 Å². The zero-order valence-corrected chi connectivity index (χ0v) is 23.0. The third kappa shape index (κ3) is 7.14. The van der Waals surface area contributed by atoms with Gasteiger partial charge < -0.3 is 20.1 Å². The number of ether oxygens (including phenoxy) is 1. The van der Waals surface area contributed by atoms with Gasteiger partial charge in [-0.25, -0.2) is 0 Å². The van der Waals surface area contributed by atoms with Crippen molar-refractivity contribution in [1.82, 2.24) is 10.2 Å². The minimum atomic E-state index is -4.42. The Bertz CT molecular complexity index is 1210. The number of carboxylic acids is 1. The van der Waals surface area contributed by atoms with E-state index in [-0.39, 0.29) is 36.4 Å². The molecule has 2 aromatic carbocycles. The number of halogens is 3. The van der Waals surface area contributed by atoms with E-state index in [2.05, 4.69) is 36.0 Å². The molecule has 4 rings (SSSR count). The van der Waals surface area contributed by atoms with E-state index >= 15 is 0 Å². The second-order valence-electron chi connectivity index (χ2n) is 11.6. The van der Waals surface area contributed by atoms with Gasteiger partial charge >= 0.3 is 12.1 Å². The number of amidine groups is 1. The van der Waals surface area contributed by atoms with E-state index in [0.29, 0.717) is 29.8 Å². The first-order valence-corrected chi connectivity index (χ1v) is 13.6. The van der Waals surface area contributed by atoms with Crippen molar-refractivity contribution in [2.24, 2.45) is 16.3 Å². The van der Waals surface area contributed by atoms with E-state index in [0.717, 1.165) is 43.4 Å². The zero-order chi connectivity index (χ0) is 29.1. The minimum absolute atomic E-state index is 0.0428. The summed E-state index contributed by atoms with van der Waals surface area (Å²) in [5.41, 5.74) is 1.21. The fraction of sp³-hybridized carbons (Fsp3) is 0.500. The highest BCUT2D eigenvalue weighted by molar-refractivity contribution is 5.94. The number of hydrogen-bond acceptors (Lipinski definition) is 4. The van der Waals surface area contributed by atoms with Crippen LogP contribution in [0.4, 0.5) is 18.9 Å². The number of aliphatic carboxylic acids is 1. The Labute approximate surface area is 232 Å². The second-order valence-corrected chi connectivity index (χ2v) is 11.6. The van der Waals surface area contributed by atoms with Gasteiger partial charge in [0.05, 0.1) is 23.7 Å². The molecule has 1 unspecified atom stereocenters. The van der Waals surface area contributed by atoms with Gasteiger partial charge in [0.25, 0.3) is 11.9 Å². The van der Waals surface area contributed by atoms with Crippen LogP contribution in [0.2, 0.25) is 0 Å². The molecule has 2 aliphatic rings. The molecular formula is C30H36F3N3O4. The van der Waals surface area contributed by atoms with Gasteiger partial charge in [0, 0.05) is 18.2 Å². The number of nitrogens with one attached hydrogen (secondary N) is 1. The van der Waals surface area contributed by atoms with Gasteiger partial charge in [-0.15, -0.1) is 0 Å². The van der Waals surface area contributed by atoms with Crippen LogP contribution in [0, 0.1) is 11.3 Å². The van der Waals surface area contributed by atoms with E-state index in [1.54, 1.807) is 12.1 Å². The Morgan fingerprint density at radius 3 is 2.17 bits per heavy atom.